The summed E-state index contributed by atoms with van der Waals surface area (Å²) in [5, 5.41) is 3.02. The first-order valence-electron chi connectivity index (χ1n) is 8.75. The van der Waals surface area contributed by atoms with E-state index in [9.17, 15) is 9.59 Å². The molecule has 4 heteroatoms. The first kappa shape index (κ1) is 17.9. The maximum Gasteiger partial charge on any atom is 0.251 e. The fourth-order valence-corrected chi connectivity index (χ4v) is 2.93. The lowest BCUT2D eigenvalue weighted by Crippen LogP contribution is -2.25. The molecule has 26 heavy (non-hydrogen) atoms. The van der Waals surface area contributed by atoms with Crippen molar-refractivity contribution < 1.29 is 14.3 Å². The first-order chi connectivity index (χ1) is 12.5. The first-order valence-corrected chi connectivity index (χ1v) is 8.75. The maximum atomic E-state index is 12.3. The number of allylic oxidation sites excluding steroid dienone is 1. The fourth-order valence-electron chi connectivity index (χ4n) is 2.93. The number of aldehydes is 1. The Morgan fingerprint density at radius 1 is 1.27 bits per heavy atom. The predicted octanol–water partition coefficient (Wildman–Crippen LogP) is 4.17. The second kappa shape index (κ2) is 7.56. The maximum absolute atomic E-state index is 12.3. The van der Waals surface area contributed by atoms with Crippen LogP contribution >= 0.6 is 0 Å². The molecule has 3 rings (SSSR count). The van der Waals surface area contributed by atoms with E-state index in [0.29, 0.717) is 17.4 Å². The van der Waals surface area contributed by atoms with Gasteiger partial charge < -0.3 is 14.8 Å². The molecule has 1 N–H and O–H groups in total. The minimum absolute atomic E-state index is 0.0308. The van der Waals surface area contributed by atoms with Crippen molar-refractivity contribution in [1.29, 1.82) is 0 Å². The molecule has 1 aliphatic carbocycles. The Labute approximate surface area is 153 Å². The van der Waals surface area contributed by atoms with Gasteiger partial charge >= 0.3 is 0 Å². The second-order valence-electron chi connectivity index (χ2n) is 6.67. The monoisotopic (exact) mass is 349 g/mol. The molecule has 2 aromatic carbocycles. The van der Waals surface area contributed by atoms with Gasteiger partial charge in [-0.1, -0.05) is 24.8 Å². The number of hydrogen-bond donors (Lipinski definition) is 1. The molecule has 1 aliphatic rings. The smallest absolute Gasteiger partial charge is 0.251 e. The molecule has 0 aromatic heterocycles. The average molecular weight is 349 g/mol. The summed E-state index contributed by atoms with van der Waals surface area (Å²) in [4.78, 5) is 23.1. The van der Waals surface area contributed by atoms with E-state index in [1.807, 2.05) is 43.3 Å². The molecule has 1 fully saturated rings. The molecule has 134 valence electrons. The van der Waals surface area contributed by atoms with Crippen molar-refractivity contribution in [2.75, 3.05) is 7.11 Å². The van der Waals surface area contributed by atoms with Crippen molar-refractivity contribution >= 4 is 17.8 Å². The highest BCUT2D eigenvalue weighted by Gasteiger charge is 2.24. The molecule has 2 aromatic rings. The lowest BCUT2D eigenvalue weighted by Gasteiger charge is -2.14. The van der Waals surface area contributed by atoms with E-state index in [2.05, 4.69) is 11.9 Å². The number of carbonyl (C=O) groups excluding carboxylic acids is 2. The third-order valence-electron chi connectivity index (χ3n) is 4.64. The number of ether oxygens (including phenoxy) is 1. The van der Waals surface area contributed by atoms with Gasteiger partial charge in [0.25, 0.3) is 5.91 Å². The number of hydrogen-bond acceptors (Lipinski definition) is 3. The Hall–Kier alpha value is -2.88. The highest BCUT2D eigenvalue weighted by Crippen LogP contribution is 2.33. The van der Waals surface area contributed by atoms with E-state index in [1.165, 1.54) is 0 Å². The predicted molar refractivity (Wildman–Crippen MR) is 103 cm³/mol. The van der Waals surface area contributed by atoms with Crippen molar-refractivity contribution in [3.8, 4) is 16.9 Å². The van der Waals surface area contributed by atoms with Crippen molar-refractivity contribution in [2.24, 2.45) is 0 Å². The Morgan fingerprint density at radius 3 is 2.69 bits per heavy atom. The van der Waals surface area contributed by atoms with Gasteiger partial charge in [0.2, 0.25) is 0 Å². The van der Waals surface area contributed by atoms with E-state index >= 15 is 0 Å². The summed E-state index contributed by atoms with van der Waals surface area (Å²) in [7, 11) is 1.60. The highest BCUT2D eigenvalue weighted by molar-refractivity contribution is 5.96. The third-order valence-corrected chi connectivity index (χ3v) is 4.64. The lowest BCUT2D eigenvalue weighted by molar-refractivity contribution is -0.107. The van der Waals surface area contributed by atoms with E-state index in [-0.39, 0.29) is 12.3 Å². The average Bonchev–Trinajstić information content (AvgIpc) is 3.45. The minimum Gasteiger partial charge on any atom is -0.496 e. The molecule has 0 spiro atoms. The summed E-state index contributed by atoms with van der Waals surface area (Å²) >= 11 is 0. The Kier molecular flexibility index (Phi) is 5.21. The topological polar surface area (TPSA) is 55.4 Å². The minimum atomic E-state index is -0.0308. The van der Waals surface area contributed by atoms with E-state index in [1.54, 1.807) is 7.11 Å². The van der Waals surface area contributed by atoms with Gasteiger partial charge in [-0.3, -0.25) is 4.79 Å². The van der Waals surface area contributed by atoms with E-state index < -0.39 is 0 Å². The zero-order valence-electron chi connectivity index (χ0n) is 15.2. The van der Waals surface area contributed by atoms with E-state index in [0.717, 1.165) is 47.0 Å². The largest absolute Gasteiger partial charge is 0.496 e. The SMILES string of the molecule is C=C(CC=O)c1ccc(-c2cc(C(=O)NC3CC3)ccc2C)cc1OC. The molecule has 1 amide bonds. The van der Waals surface area contributed by atoms with Gasteiger partial charge in [0.05, 0.1) is 7.11 Å². The van der Waals surface area contributed by atoms with Crippen LogP contribution in [0.2, 0.25) is 0 Å². The molecule has 0 heterocycles. The number of nitrogens with one attached hydrogen (secondary N) is 1. The summed E-state index contributed by atoms with van der Waals surface area (Å²) < 4.78 is 5.50. The van der Waals surface area contributed by atoms with Crippen LogP contribution in [-0.2, 0) is 4.79 Å². The second-order valence-corrected chi connectivity index (χ2v) is 6.67. The van der Waals surface area contributed by atoms with Gasteiger partial charge in [0, 0.05) is 23.6 Å². The van der Waals surface area contributed by atoms with Crippen molar-refractivity contribution in [2.45, 2.75) is 32.2 Å². The van der Waals surface area contributed by atoms with Crippen LogP contribution in [0, 0.1) is 6.92 Å². The van der Waals surface area contributed by atoms with Crippen LogP contribution in [0.25, 0.3) is 16.7 Å². The van der Waals surface area contributed by atoms with Crippen molar-refractivity contribution in [3.63, 3.8) is 0 Å². The Morgan fingerprint density at radius 2 is 2.04 bits per heavy atom. The van der Waals surface area contributed by atoms with Crippen LogP contribution in [0.4, 0.5) is 0 Å². The van der Waals surface area contributed by atoms with Crippen LogP contribution < -0.4 is 10.1 Å². The molecule has 1 saturated carbocycles. The van der Waals surface area contributed by atoms with E-state index in [4.69, 9.17) is 4.74 Å². The summed E-state index contributed by atoms with van der Waals surface area (Å²) in [5.41, 5.74) is 5.23. The lowest BCUT2D eigenvalue weighted by atomic mass is 9.94. The zero-order chi connectivity index (χ0) is 18.7. The Bertz CT molecular complexity index is 866. The van der Waals surface area contributed by atoms with Crippen molar-refractivity contribution in [1.82, 2.24) is 5.32 Å². The Balaban J connectivity index is 1.95. The molecular formula is C22H23NO3. The number of benzene rings is 2. The number of amides is 1. The zero-order valence-corrected chi connectivity index (χ0v) is 15.2. The molecule has 0 unspecified atom stereocenters. The van der Waals surface area contributed by atoms with Crippen LogP contribution in [-0.4, -0.2) is 25.3 Å². The number of aryl methyl sites for hydroxylation is 1. The molecular weight excluding hydrogens is 326 g/mol. The van der Waals surface area contributed by atoms with Crippen LogP contribution in [0.15, 0.2) is 43.0 Å². The van der Waals surface area contributed by atoms with Gasteiger partial charge in [0.1, 0.15) is 12.0 Å². The number of carbonyl (C=O) groups is 2. The molecule has 0 bridgehead atoms. The van der Waals surface area contributed by atoms with Gasteiger partial charge in [-0.25, -0.2) is 0 Å². The molecule has 0 aliphatic heterocycles. The van der Waals surface area contributed by atoms with Gasteiger partial charge in [-0.15, -0.1) is 0 Å². The number of rotatable bonds is 7. The molecule has 0 saturated heterocycles. The highest BCUT2D eigenvalue weighted by atomic mass is 16.5. The van der Waals surface area contributed by atoms with Gasteiger partial charge in [0.15, 0.2) is 0 Å². The summed E-state index contributed by atoms with van der Waals surface area (Å²) in [5.74, 6) is 0.637. The van der Waals surface area contributed by atoms with Crippen LogP contribution in [0.5, 0.6) is 5.75 Å². The summed E-state index contributed by atoms with van der Waals surface area (Å²) in [6, 6.07) is 11.9. The molecule has 0 radical (unpaired) electrons. The summed E-state index contributed by atoms with van der Waals surface area (Å²) in [6.45, 7) is 5.97. The van der Waals surface area contributed by atoms with Crippen LogP contribution in [0.1, 0.15) is 40.7 Å². The van der Waals surface area contributed by atoms with Crippen LogP contribution in [0.3, 0.4) is 0 Å². The number of methoxy groups -OCH3 is 1. The van der Waals surface area contributed by atoms with Gasteiger partial charge in [-0.2, -0.15) is 0 Å². The fraction of sp³-hybridized carbons (Fsp3) is 0.273. The molecule has 0 atom stereocenters. The standard InChI is InChI=1S/C22H23NO3/c1-14-4-5-17(22(25)23-18-7-8-18)12-20(14)16-6-9-19(15(2)10-11-24)21(13-16)26-3/h4-6,9,11-13,18H,2,7-8,10H2,1,3H3,(H,23,25). The molecule has 4 nitrogen and oxygen atoms in total. The van der Waals surface area contributed by atoms with Crippen molar-refractivity contribution in [3.05, 3.63) is 59.7 Å². The quantitative estimate of drug-likeness (QED) is 0.764. The van der Waals surface area contributed by atoms with Gasteiger partial charge in [-0.05, 0) is 60.2 Å². The summed E-state index contributed by atoms with van der Waals surface area (Å²) in [6.07, 6.45) is 3.23. The normalized spacial score (nSPS) is 13.2. The third kappa shape index (κ3) is 3.85.